The van der Waals surface area contributed by atoms with Crippen molar-refractivity contribution in [2.24, 2.45) is 0 Å². The lowest BCUT2D eigenvalue weighted by Gasteiger charge is -2.18. The summed E-state index contributed by atoms with van der Waals surface area (Å²) >= 11 is 0. The molecule has 2 aromatic rings. The van der Waals surface area contributed by atoms with Crippen molar-refractivity contribution in [1.82, 2.24) is 9.62 Å². The highest BCUT2D eigenvalue weighted by Crippen LogP contribution is 2.30. The molecule has 0 fully saturated rings. The highest BCUT2D eigenvalue weighted by atomic mass is 32.2. The zero-order valence-electron chi connectivity index (χ0n) is 15.9. The second-order valence-electron chi connectivity index (χ2n) is 6.04. The monoisotopic (exact) mass is 392 g/mol. The number of amides is 1. The van der Waals surface area contributed by atoms with Crippen molar-refractivity contribution in [3.63, 3.8) is 0 Å². The fourth-order valence-electron chi connectivity index (χ4n) is 2.52. The zero-order valence-corrected chi connectivity index (χ0v) is 16.7. The van der Waals surface area contributed by atoms with E-state index in [1.807, 2.05) is 31.2 Å². The third kappa shape index (κ3) is 5.21. The van der Waals surface area contributed by atoms with Gasteiger partial charge in [0.2, 0.25) is 15.9 Å². The molecule has 0 aliphatic carbocycles. The summed E-state index contributed by atoms with van der Waals surface area (Å²) in [6.45, 7) is 2.02. The van der Waals surface area contributed by atoms with E-state index in [2.05, 4.69) is 5.32 Å². The number of nitrogens with one attached hydrogen (secondary N) is 1. The molecule has 0 atom stereocenters. The van der Waals surface area contributed by atoms with Gasteiger partial charge in [0.1, 0.15) is 0 Å². The molecular weight excluding hydrogens is 368 g/mol. The van der Waals surface area contributed by atoms with E-state index in [0.29, 0.717) is 18.0 Å². The Bertz CT molecular complexity index is 912. The highest BCUT2D eigenvalue weighted by Gasteiger charge is 2.24. The van der Waals surface area contributed by atoms with Gasteiger partial charge >= 0.3 is 0 Å². The van der Waals surface area contributed by atoms with E-state index in [9.17, 15) is 13.2 Å². The second kappa shape index (κ2) is 8.88. The Morgan fingerprint density at radius 2 is 1.78 bits per heavy atom. The van der Waals surface area contributed by atoms with Crippen molar-refractivity contribution >= 4 is 15.9 Å². The first kappa shape index (κ1) is 20.7. The largest absolute Gasteiger partial charge is 0.493 e. The quantitative estimate of drug-likeness (QED) is 0.742. The number of likely N-dealkylation sites (N-methyl/N-ethyl adjacent to an activating group) is 1. The summed E-state index contributed by atoms with van der Waals surface area (Å²) in [4.78, 5) is 12.2. The number of carbonyl (C=O) groups is 1. The lowest BCUT2D eigenvalue weighted by atomic mass is 10.1. The van der Waals surface area contributed by atoms with Crippen LogP contribution < -0.4 is 14.8 Å². The van der Waals surface area contributed by atoms with Gasteiger partial charge in [-0.15, -0.1) is 0 Å². The van der Waals surface area contributed by atoms with E-state index in [0.717, 1.165) is 15.4 Å². The molecule has 0 unspecified atom stereocenters. The van der Waals surface area contributed by atoms with Gasteiger partial charge in [0.15, 0.2) is 11.5 Å². The van der Waals surface area contributed by atoms with Gasteiger partial charge in [-0.05, 0) is 24.6 Å². The fraction of sp³-hybridized carbons (Fsp3) is 0.316. The van der Waals surface area contributed by atoms with E-state index in [4.69, 9.17) is 9.47 Å². The van der Waals surface area contributed by atoms with Crippen molar-refractivity contribution in [2.75, 3.05) is 27.8 Å². The Labute approximate surface area is 160 Å². The first-order chi connectivity index (χ1) is 12.8. The molecule has 0 radical (unpaired) electrons. The Kier molecular flexibility index (Phi) is 6.81. The molecule has 0 spiro atoms. The summed E-state index contributed by atoms with van der Waals surface area (Å²) in [5.41, 5.74) is 2.05. The number of carbonyl (C=O) groups excluding carboxylic acids is 1. The summed E-state index contributed by atoms with van der Waals surface area (Å²) in [5.74, 6) is 0.342. The average molecular weight is 392 g/mol. The molecule has 146 valence electrons. The predicted molar refractivity (Wildman–Crippen MR) is 102 cm³/mol. The maximum Gasteiger partial charge on any atom is 0.243 e. The number of methoxy groups -OCH3 is 2. The van der Waals surface area contributed by atoms with Crippen molar-refractivity contribution < 1.29 is 22.7 Å². The average Bonchev–Trinajstić information content (AvgIpc) is 2.65. The van der Waals surface area contributed by atoms with Crippen LogP contribution in [0.5, 0.6) is 11.5 Å². The minimum Gasteiger partial charge on any atom is -0.493 e. The van der Waals surface area contributed by atoms with Crippen LogP contribution in [0.2, 0.25) is 0 Å². The third-order valence-corrected chi connectivity index (χ3v) is 5.80. The third-order valence-electron chi connectivity index (χ3n) is 4.00. The Morgan fingerprint density at radius 3 is 2.41 bits per heavy atom. The summed E-state index contributed by atoms with van der Waals surface area (Å²) in [7, 11) is 0.411. The van der Waals surface area contributed by atoms with E-state index in [1.165, 1.54) is 39.5 Å². The maximum absolute atomic E-state index is 12.7. The van der Waals surface area contributed by atoms with E-state index in [-0.39, 0.29) is 17.3 Å². The summed E-state index contributed by atoms with van der Waals surface area (Å²) < 4.78 is 36.7. The van der Waals surface area contributed by atoms with Crippen LogP contribution in [-0.4, -0.2) is 46.4 Å². The summed E-state index contributed by atoms with van der Waals surface area (Å²) in [5, 5.41) is 2.73. The van der Waals surface area contributed by atoms with Gasteiger partial charge < -0.3 is 14.8 Å². The topological polar surface area (TPSA) is 84.9 Å². The zero-order chi connectivity index (χ0) is 20.0. The molecule has 27 heavy (non-hydrogen) atoms. The Morgan fingerprint density at radius 1 is 1.07 bits per heavy atom. The SMILES string of the molecule is COc1ccc(S(=O)(=O)N(C)CC(=O)NCc2cccc(C)c2)cc1OC. The molecule has 0 aliphatic heterocycles. The molecule has 2 rings (SSSR count). The van der Waals surface area contributed by atoms with Gasteiger partial charge in [-0.25, -0.2) is 8.42 Å². The summed E-state index contributed by atoms with van der Waals surface area (Å²) in [6.07, 6.45) is 0. The number of nitrogens with zero attached hydrogens (tertiary/aromatic N) is 1. The van der Waals surface area contributed by atoms with Crippen molar-refractivity contribution in [2.45, 2.75) is 18.4 Å². The number of aryl methyl sites for hydroxylation is 1. The molecule has 7 nitrogen and oxygen atoms in total. The molecule has 0 aromatic heterocycles. The van der Waals surface area contributed by atoms with Crippen LogP contribution in [-0.2, 0) is 21.4 Å². The molecule has 8 heteroatoms. The number of hydrogen-bond acceptors (Lipinski definition) is 5. The standard InChI is InChI=1S/C19H24N2O5S/c1-14-6-5-7-15(10-14)12-20-19(22)13-21(2)27(23,24)16-8-9-17(25-3)18(11-16)26-4/h5-11H,12-13H2,1-4H3,(H,20,22). The van der Waals surface area contributed by atoms with Gasteiger partial charge in [-0.1, -0.05) is 29.8 Å². The van der Waals surface area contributed by atoms with Crippen molar-refractivity contribution in [3.8, 4) is 11.5 Å². The lowest BCUT2D eigenvalue weighted by molar-refractivity contribution is -0.121. The maximum atomic E-state index is 12.7. The van der Waals surface area contributed by atoms with Crippen LogP contribution in [0, 0.1) is 6.92 Å². The lowest BCUT2D eigenvalue weighted by Crippen LogP contribution is -2.38. The molecule has 1 amide bonds. The number of hydrogen-bond donors (Lipinski definition) is 1. The van der Waals surface area contributed by atoms with E-state index < -0.39 is 10.0 Å². The fourth-order valence-corrected chi connectivity index (χ4v) is 3.67. The van der Waals surface area contributed by atoms with Gasteiger partial charge in [-0.3, -0.25) is 4.79 Å². The highest BCUT2D eigenvalue weighted by molar-refractivity contribution is 7.89. The first-order valence-electron chi connectivity index (χ1n) is 8.28. The number of sulfonamides is 1. The molecule has 0 bridgehead atoms. The van der Waals surface area contributed by atoms with Crippen molar-refractivity contribution in [1.29, 1.82) is 0 Å². The number of ether oxygens (including phenoxy) is 2. The Balaban J connectivity index is 2.05. The van der Waals surface area contributed by atoms with Crippen molar-refractivity contribution in [3.05, 3.63) is 53.6 Å². The van der Waals surface area contributed by atoms with E-state index >= 15 is 0 Å². The minimum absolute atomic E-state index is 0.0223. The Hall–Kier alpha value is -2.58. The van der Waals surface area contributed by atoms with Gasteiger partial charge in [0.25, 0.3) is 0 Å². The van der Waals surface area contributed by atoms with Crippen LogP contribution in [0.4, 0.5) is 0 Å². The molecule has 0 saturated carbocycles. The number of benzene rings is 2. The van der Waals surface area contributed by atoms with Crippen LogP contribution in [0.25, 0.3) is 0 Å². The molecular formula is C19H24N2O5S. The van der Waals surface area contributed by atoms with E-state index in [1.54, 1.807) is 0 Å². The second-order valence-corrected chi connectivity index (χ2v) is 8.09. The van der Waals surface area contributed by atoms with Crippen LogP contribution in [0.3, 0.4) is 0 Å². The van der Waals surface area contributed by atoms with Crippen LogP contribution in [0.15, 0.2) is 47.4 Å². The normalized spacial score (nSPS) is 11.3. The predicted octanol–water partition coefficient (Wildman–Crippen LogP) is 1.95. The van der Waals surface area contributed by atoms with Crippen LogP contribution in [0.1, 0.15) is 11.1 Å². The molecule has 1 N–H and O–H groups in total. The summed E-state index contributed by atoms with van der Waals surface area (Å²) in [6, 6.07) is 12.0. The smallest absolute Gasteiger partial charge is 0.243 e. The van der Waals surface area contributed by atoms with Gasteiger partial charge in [0.05, 0.1) is 25.7 Å². The molecule has 0 saturated heterocycles. The first-order valence-corrected chi connectivity index (χ1v) is 9.72. The molecule has 0 aliphatic rings. The molecule has 0 heterocycles. The number of rotatable bonds is 8. The molecule has 2 aromatic carbocycles. The van der Waals surface area contributed by atoms with Crippen LogP contribution >= 0.6 is 0 Å². The van der Waals surface area contributed by atoms with Gasteiger partial charge in [0, 0.05) is 19.7 Å². The van der Waals surface area contributed by atoms with Gasteiger partial charge in [-0.2, -0.15) is 4.31 Å². The minimum atomic E-state index is -3.84.